The molecule has 1 aliphatic rings. The van der Waals surface area contributed by atoms with Crippen LogP contribution in [-0.4, -0.2) is 41.7 Å². The molecule has 108 valence electrons. The lowest BCUT2D eigenvalue weighted by molar-refractivity contribution is 0.0945. The zero-order chi connectivity index (χ0) is 14.4. The Labute approximate surface area is 116 Å². The minimum atomic E-state index is -0.227. The third-order valence-electron chi connectivity index (χ3n) is 3.26. The summed E-state index contributed by atoms with van der Waals surface area (Å²) in [7, 11) is 0. The summed E-state index contributed by atoms with van der Waals surface area (Å²) in [6.07, 6.45) is 3.37. The lowest BCUT2D eigenvalue weighted by Crippen LogP contribution is -2.27. The van der Waals surface area contributed by atoms with Crippen molar-refractivity contribution in [2.45, 2.75) is 12.8 Å². The molecule has 1 aliphatic heterocycles. The molecule has 1 atom stereocenters. The number of oxime groups is 1. The molecule has 1 aromatic heterocycles. The molecule has 1 fully saturated rings. The Morgan fingerprint density at radius 3 is 3.05 bits per heavy atom. The summed E-state index contributed by atoms with van der Waals surface area (Å²) < 4.78 is 5.28. The number of aromatic nitrogens is 1. The van der Waals surface area contributed by atoms with Gasteiger partial charge in [0.2, 0.25) is 0 Å². The Balaban J connectivity index is 1.82. The van der Waals surface area contributed by atoms with E-state index in [4.69, 9.17) is 15.7 Å². The maximum atomic E-state index is 11.9. The van der Waals surface area contributed by atoms with E-state index in [0.717, 1.165) is 26.1 Å². The van der Waals surface area contributed by atoms with Crippen LogP contribution in [0.5, 0.6) is 0 Å². The zero-order valence-electron chi connectivity index (χ0n) is 11.1. The summed E-state index contributed by atoms with van der Waals surface area (Å²) in [6, 6.07) is 3.13. The number of amides is 1. The number of amidine groups is 1. The van der Waals surface area contributed by atoms with Gasteiger partial charge in [0.1, 0.15) is 5.69 Å². The quantitative estimate of drug-likeness (QED) is 0.311. The summed E-state index contributed by atoms with van der Waals surface area (Å²) in [5.41, 5.74) is 6.19. The van der Waals surface area contributed by atoms with Crippen molar-refractivity contribution in [1.82, 2.24) is 10.3 Å². The summed E-state index contributed by atoms with van der Waals surface area (Å²) in [4.78, 5) is 15.8. The van der Waals surface area contributed by atoms with Crippen molar-refractivity contribution in [3.8, 4) is 0 Å². The fraction of sp³-hybridized carbons (Fsp3) is 0.462. The molecule has 0 aromatic carbocycles. The smallest absolute Gasteiger partial charge is 0.269 e. The van der Waals surface area contributed by atoms with E-state index in [9.17, 15) is 4.79 Å². The number of pyridine rings is 1. The van der Waals surface area contributed by atoms with Crippen LogP contribution in [0.3, 0.4) is 0 Å². The fourth-order valence-corrected chi connectivity index (χ4v) is 2.03. The number of nitrogens with one attached hydrogen (secondary N) is 1. The minimum absolute atomic E-state index is 0.0364. The first kappa shape index (κ1) is 14.3. The Morgan fingerprint density at radius 1 is 1.60 bits per heavy atom. The molecule has 20 heavy (non-hydrogen) atoms. The van der Waals surface area contributed by atoms with Crippen LogP contribution >= 0.6 is 0 Å². The molecule has 1 amide bonds. The van der Waals surface area contributed by atoms with Crippen molar-refractivity contribution >= 4 is 11.7 Å². The SMILES string of the molecule is N/C(=N/O)c1ccc(C(=O)NCCC2CCOC2)nc1. The van der Waals surface area contributed by atoms with Gasteiger partial charge in [0.05, 0.1) is 0 Å². The first-order chi connectivity index (χ1) is 9.70. The number of carbonyl (C=O) groups excluding carboxylic acids is 1. The Morgan fingerprint density at radius 2 is 2.45 bits per heavy atom. The number of carbonyl (C=O) groups is 1. The van der Waals surface area contributed by atoms with E-state index in [-0.39, 0.29) is 11.7 Å². The van der Waals surface area contributed by atoms with Gasteiger partial charge in [-0.15, -0.1) is 0 Å². The Kier molecular flexibility index (Phi) is 4.89. The van der Waals surface area contributed by atoms with Crippen molar-refractivity contribution in [1.29, 1.82) is 0 Å². The molecule has 1 aromatic rings. The Bertz CT molecular complexity index is 481. The van der Waals surface area contributed by atoms with Gasteiger partial charge in [-0.05, 0) is 30.9 Å². The van der Waals surface area contributed by atoms with Crippen LogP contribution < -0.4 is 11.1 Å². The maximum absolute atomic E-state index is 11.9. The van der Waals surface area contributed by atoms with Crippen LogP contribution in [0.1, 0.15) is 28.9 Å². The Hall–Kier alpha value is -2.15. The highest BCUT2D eigenvalue weighted by atomic mass is 16.5. The van der Waals surface area contributed by atoms with Gasteiger partial charge in [-0.3, -0.25) is 9.78 Å². The summed E-state index contributed by atoms with van der Waals surface area (Å²) in [5, 5.41) is 14.2. The van der Waals surface area contributed by atoms with Crippen molar-refractivity contribution in [2.24, 2.45) is 16.8 Å². The molecule has 1 unspecified atom stereocenters. The third kappa shape index (κ3) is 3.67. The van der Waals surface area contributed by atoms with Crippen LogP contribution in [0.15, 0.2) is 23.5 Å². The largest absolute Gasteiger partial charge is 0.409 e. The fourth-order valence-electron chi connectivity index (χ4n) is 2.03. The van der Waals surface area contributed by atoms with Crippen LogP contribution in [-0.2, 0) is 4.74 Å². The average Bonchev–Trinajstić information content (AvgIpc) is 2.99. The molecule has 0 aliphatic carbocycles. The topological polar surface area (TPSA) is 110 Å². The molecule has 2 heterocycles. The van der Waals surface area contributed by atoms with E-state index >= 15 is 0 Å². The van der Waals surface area contributed by atoms with Crippen molar-refractivity contribution < 1.29 is 14.7 Å². The molecule has 4 N–H and O–H groups in total. The standard InChI is InChI=1S/C13H18N4O3/c14-12(17-19)10-1-2-11(16-7-10)13(18)15-5-3-9-4-6-20-8-9/h1-2,7,9,19H,3-6,8H2,(H2,14,17)(H,15,18). The molecule has 0 saturated carbocycles. The van der Waals surface area contributed by atoms with E-state index in [1.165, 1.54) is 6.20 Å². The third-order valence-corrected chi connectivity index (χ3v) is 3.26. The van der Waals surface area contributed by atoms with E-state index in [1.54, 1.807) is 12.1 Å². The monoisotopic (exact) mass is 278 g/mol. The number of hydrogen-bond acceptors (Lipinski definition) is 5. The second kappa shape index (κ2) is 6.85. The van der Waals surface area contributed by atoms with Gasteiger partial charge in [0, 0.05) is 31.5 Å². The summed E-state index contributed by atoms with van der Waals surface area (Å²) in [6.45, 7) is 2.20. The lowest BCUT2D eigenvalue weighted by Gasteiger charge is -2.08. The van der Waals surface area contributed by atoms with Crippen molar-refractivity contribution in [2.75, 3.05) is 19.8 Å². The number of nitrogens with zero attached hydrogens (tertiary/aromatic N) is 2. The maximum Gasteiger partial charge on any atom is 0.269 e. The number of ether oxygens (including phenoxy) is 1. The molecule has 2 rings (SSSR count). The number of hydrogen-bond donors (Lipinski definition) is 3. The second-order valence-corrected chi connectivity index (χ2v) is 4.69. The van der Waals surface area contributed by atoms with Gasteiger partial charge in [-0.25, -0.2) is 0 Å². The van der Waals surface area contributed by atoms with E-state index in [0.29, 0.717) is 23.7 Å². The van der Waals surface area contributed by atoms with Crippen LogP contribution in [0.2, 0.25) is 0 Å². The highest BCUT2D eigenvalue weighted by Crippen LogP contribution is 2.15. The normalized spacial score (nSPS) is 19.0. The molecular weight excluding hydrogens is 260 g/mol. The van der Waals surface area contributed by atoms with E-state index < -0.39 is 0 Å². The second-order valence-electron chi connectivity index (χ2n) is 4.69. The van der Waals surface area contributed by atoms with Crippen molar-refractivity contribution in [3.63, 3.8) is 0 Å². The predicted molar refractivity (Wildman–Crippen MR) is 72.6 cm³/mol. The molecule has 7 heteroatoms. The first-order valence-electron chi connectivity index (χ1n) is 6.50. The van der Waals surface area contributed by atoms with Crippen LogP contribution in [0, 0.1) is 5.92 Å². The van der Waals surface area contributed by atoms with Crippen LogP contribution in [0.4, 0.5) is 0 Å². The number of rotatable bonds is 5. The van der Waals surface area contributed by atoms with Crippen LogP contribution in [0.25, 0.3) is 0 Å². The minimum Gasteiger partial charge on any atom is -0.409 e. The highest BCUT2D eigenvalue weighted by Gasteiger charge is 2.15. The molecule has 0 spiro atoms. The summed E-state index contributed by atoms with van der Waals surface area (Å²) in [5.74, 6) is 0.270. The average molecular weight is 278 g/mol. The van der Waals surface area contributed by atoms with Gasteiger partial charge >= 0.3 is 0 Å². The van der Waals surface area contributed by atoms with Gasteiger partial charge in [0.15, 0.2) is 5.84 Å². The highest BCUT2D eigenvalue weighted by molar-refractivity contribution is 5.98. The van der Waals surface area contributed by atoms with E-state index in [2.05, 4.69) is 15.5 Å². The van der Waals surface area contributed by atoms with Gasteiger partial charge in [0.25, 0.3) is 5.91 Å². The van der Waals surface area contributed by atoms with Gasteiger partial charge in [-0.1, -0.05) is 5.16 Å². The summed E-state index contributed by atoms with van der Waals surface area (Å²) >= 11 is 0. The van der Waals surface area contributed by atoms with Gasteiger partial charge in [-0.2, -0.15) is 0 Å². The van der Waals surface area contributed by atoms with Crippen molar-refractivity contribution in [3.05, 3.63) is 29.6 Å². The molecule has 0 bridgehead atoms. The predicted octanol–water partition coefficient (Wildman–Crippen LogP) is 0.332. The molecule has 1 saturated heterocycles. The molecular formula is C13H18N4O3. The zero-order valence-corrected chi connectivity index (χ0v) is 11.1. The lowest BCUT2D eigenvalue weighted by atomic mass is 10.1. The van der Waals surface area contributed by atoms with Gasteiger partial charge < -0.3 is 21.0 Å². The molecule has 0 radical (unpaired) electrons. The first-order valence-corrected chi connectivity index (χ1v) is 6.50. The number of nitrogens with two attached hydrogens (primary N) is 1. The molecule has 7 nitrogen and oxygen atoms in total. The van der Waals surface area contributed by atoms with E-state index in [1.807, 2.05) is 0 Å².